The highest BCUT2D eigenvalue weighted by Crippen LogP contribution is 2.40. The van der Waals surface area contributed by atoms with Crippen molar-refractivity contribution in [2.45, 2.75) is 70.1 Å². The number of anilines is 1. The lowest BCUT2D eigenvalue weighted by atomic mass is 9.79. The van der Waals surface area contributed by atoms with Crippen LogP contribution in [0.25, 0.3) is 10.8 Å². The molecule has 2 heterocycles. The second-order valence-corrected chi connectivity index (χ2v) is 12.0. The lowest BCUT2D eigenvalue weighted by Gasteiger charge is -2.47. The van der Waals surface area contributed by atoms with Crippen LogP contribution in [0.3, 0.4) is 0 Å². The standard InChI is InChI=1S/C33H46N4O/c1-6-8-32(37-22-24(2)34-25(3)23-37)28-12-11-27-20-30(14-13-26(27)19-28)36-17-15-33(16-18-36,35(4)5)29-9-7-10-31(38)21-29/h7,9-14,19-21,24-25,32,34,38H,6,8,15-18,22-23H2,1-5H3. The fourth-order valence-electron chi connectivity index (χ4n) is 7.04. The van der Waals surface area contributed by atoms with E-state index in [2.05, 4.69) is 97.3 Å². The van der Waals surface area contributed by atoms with Gasteiger partial charge in [-0.1, -0.05) is 43.7 Å². The molecule has 3 aromatic carbocycles. The number of piperidine rings is 1. The smallest absolute Gasteiger partial charge is 0.115 e. The van der Waals surface area contributed by atoms with Crippen LogP contribution in [-0.4, -0.2) is 67.3 Å². The fraction of sp³-hybridized carbons (Fsp3) is 0.515. The van der Waals surface area contributed by atoms with E-state index in [0.29, 0.717) is 23.9 Å². The average molecular weight is 515 g/mol. The summed E-state index contributed by atoms with van der Waals surface area (Å²) in [6, 6.07) is 23.5. The van der Waals surface area contributed by atoms with Crippen molar-refractivity contribution in [1.29, 1.82) is 0 Å². The van der Waals surface area contributed by atoms with Gasteiger partial charge >= 0.3 is 0 Å². The van der Waals surface area contributed by atoms with E-state index in [1.807, 2.05) is 12.1 Å². The van der Waals surface area contributed by atoms with Gasteiger partial charge in [0.25, 0.3) is 0 Å². The zero-order valence-corrected chi connectivity index (χ0v) is 24.0. The predicted octanol–water partition coefficient (Wildman–Crippen LogP) is 6.13. The number of phenolic OH excluding ortho intramolecular Hbond substituents is 1. The van der Waals surface area contributed by atoms with E-state index >= 15 is 0 Å². The number of benzene rings is 3. The minimum atomic E-state index is -0.0474. The van der Waals surface area contributed by atoms with Gasteiger partial charge in [0.1, 0.15) is 5.75 Å². The number of aromatic hydroxyl groups is 1. The molecule has 5 rings (SSSR count). The first kappa shape index (κ1) is 27.0. The van der Waals surface area contributed by atoms with E-state index in [0.717, 1.165) is 39.0 Å². The Morgan fingerprint density at radius 2 is 1.63 bits per heavy atom. The van der Waals surface area contributed by atoms with Crippen molar-refractivity contribution in [1.82, 2.24) is 15.1 Å². The summed E-state index contributed by atoms with van der Waals surface area (Å²) in [5, 5.41) is 16.5. The third-order valence-electron chi connectivity index (χ3n) is 9.02. The van der Waals surface area contributed by atoms with Crippen LogP contribution in [-0.2, 0) is 5.54 Å². The number of rotatable bonds is 7. The van der Waals surface area contributed by atoms with Gasteiger partial charge in [-0.25, -0.2) is 0 Å². The van der Waals surface area contributed by atoms with Gasteiger partial charge in [-0.3, -0.25) is 9.80 Å². The Kier molecular flexibility index (Phi) is 7.99. The Morgan fingerprint density at radius 3 is 2.29 bits per heavy atom. The largest absolute Gasteiger partial charge is 0.508 e. The van der Waals surface area contributed by atoms with E-state index in [4.69, 9.17) is 0 Å². The Bertz CT molecular complexity index is 1220. The monoisotopic (exact) mass is 514 g/mol. The van der Waals surface area contributed by atoms with E-state index in [9.17, 15) is 5.11 Å². The van der Waals surface area contributed by atoms with Crippen molar-refractivity contribution in [2.24, 2.45) is 0 Å². The number of fused-ring (bicyclic) bond motifs is 1. The molecule has 3 atom stereocenters. The van der Waals surface area contributed by atoms with Crippen LogP contribution in [0.1, 0.15) is 63.6 Å². The number of hydrogen-bond donors (Lipinski definition) is 2. The van der Waals surface area contributed by atoms with Gasteiger partial charge in [-0.15, -0.1) is 0 Å². The third-order valence-corrected chi connectivity index (χ3v) is 9.02. The maximum atomic E-state index is 10.1. The maximum Gasteiger partial charge on any atom is 0.115 e. The van der Waals surface area contributed by atoms with Crippen LogP contribution in [0.5, 0.6) is 5.75 Å². The van der Waals surface area contributed by atoms with E-state index in [-0.39, 0.29) is 5.54 Å². The third kappa shape index (κ3) is 5.42. The lowest BCUT2D eigenvalue weighted by molar-refractivity contribution is 0.115. The summed E-state index contributed by atoms with van der Waals surface area (Å²) in [4.78, 5) is 7.57. The summed E-state index contributed by atoms with van der Waals surface area (Å²) >= 11 is 0. The van der Waals surface area contributed by atoms with Gasteiger partial charge in [0.15, 0.2) is 0 Å². The minimum Gasteiger partial charge on any atom is -0.508 e. The molecule has 0 bridgehead atoms. The highest BCUT2D eigenvalue weighted by Gasteiger charge is 2.38. The van der Waals surface area contributed by atoms with Gasteiger partial charge in [0.05, 0.1) is 0 Å². The number of nitrogens with one attached hydrogen (secondary N) is 1. The molecule has 3 aromatic rings. The Morgan fingerprint density at radius 1 is 0.947 bits per heavy atom. The van der Waals surface area contributed by atoms with Crippen molar-refractivity contribution in [3.63, 3.8) is 0 Å². The molecule has 0 aliphatic carbocycles. The van der Waals surface area contributed by atoms with Crippen molar-refractivity contribution in [3.05, 3.63) is 71.8 Å². The van der Waals surface area contributed by atoms with E-state index in [1.54, 1.807) is 6.07 Å². The molecule has 2 fully saturated rings. The maximum absolute atomic E-state index is 10.1. The van der Waals surface area contributed by atoms with Crippen molar-refractivity contribution in [2.75, 3.05) is 45.2 Å². The highest BCUT2D eigenvalue weighted by atomic mass is 16.3. The number of nitrogens with zero attached hydrogens (tertiary/aromatic N) is 3. The Hall–Kier alpha value is -2.60. The number of piperazine rings is 1. The molecule has 5 nitrogen and oxygen atoms in total. The zero-order chi connectivity index (χ0) is 26.9. The molecule has 0 saturated carbocycles. The molecule has 0 radical (unpaired) electrons. The molecule has 2 aliphatic heterocycles. The average Bonchev–Trinajstić information content (AvgIpc) is 2.90. The molecule has 5 heteroatoms. The summed E-state index contributed by atoms with van der Waals surface area (Å²) in [6.07, 6.45) is 4.45. The first-order chi connectivity index (χ1) is 18.3. The van der Waals surface area contributed by atoms with Crippen molar-refractivity contribution in [3.8, 4) is 5.75 Å². The Labute approximate surface area is 229 Å². The molecule has 0 amide bonds. The molecule has 204 valence electrons. The first-order valence-corrected chi connectivity index (χ1v) is 14.5. The van der Waals surface area contributed by atoms with Crippen LogP contribution in [0.15, 0.2) is 60.7 Å². The summed E-state index contributed by atoms with van der Waals surface area (Å²) in [5.74, 6) is 0.349. The van der Waals surface area contributed by atoms with E-state index < -0.39 is 0 Å². The topological polar surface area (TPSA) is 42.0 Å². The highest BCUT2D eigenvalue weighted by molar-refractivity contribution is 5.86. The number of hydrogen-bond acceptors (Lipinski definition) is 5. The lowest BCUT2D eigenvalue weighted by Crippen LogP contribution is -2.54. The van der Waals surface area contributed by atoms with Crippen LogP contribution in [0, 0.1) is 0 Å². The SMILES string of the molecule is CCCC(c1ccc2cc(N3CCC(c4cccc(O)c4)(N(C)C)CC3)ccc2c1)N1CC(C)NC(C)C1. The number of phenols is 1. The molecule has 38 heavy (non-hydrogen) atoms. The molecule has 2 aliphatic rings. The molecular weight excluding hydrogens is 468 g/mol. The van der Waals surface area contributed by atoms with Gasteiger partial charge < -0.3 is 15.3 Å². The fourth-order valence-corrected chi connectivity index (χ4v) is 7.04. The van der Waals surface area contributed by atoms with Gasteiger partial charge in [-0.2, -0.15) is 0 Å². The second-order valence-electron chi connectivity index (χ2n) is 12.0. The molecule has 0 aromatic heterocycles. The predicted molar refractivity (Wildman–Crippen MR) is 160 cm³/mol. The van der Waals surface area contributed by atoms with Crippen LogP contribution >= 0.6 is 0 Å². The van der Waals surface area contributed by atoms with Gasteiger partial charge in [0, 0.05) is 55.5 Å². The zero-order valence-electron chi connectivity index (χ0n) is 24.0. The molecule has 2 N–H and O–H groups in total. The second kappa shape index (κ2) is 11.3. The normalized spacial score (nSPS) is 23.2. The summed E-state index contributed by atoms with van der Waals surface area (Å²) < 4.78 is 0. The molecule has 3 unspecified atom stereocenters. The first-order valence-electron chi connectivity index (χ1n) is 14.5. The minimum absolute atomic E-state index is 0.0474. The molecule has 2 saturated heterocycles. The quantitative estimate of drug-likeness (QED) is 0.397. The molecular formula is C33H46N4O. The van der Waals surface area contributed by atoms with E-state index in [1.165, 1.54) is 40.4 Å². The summed E-state index contributed by atoms with van der Waals surface area (Å²) in [5.41, 5.74) is 3.92. The summed E-state index contributed by atoms with van der Waals surface area (Å²) in [7, 11) is 4.34. The van der Waals surface area contributed by atoms with Crippen molar-refractivity contribution < 1.29 is 5.11 Å². The Balaban J connectivity index is 1.34. The van der Waals surface area contributed by atoms with Gasteiger partial charge in [-0.05, 0) is 99.4 Å². The van der Waals surface area contributed by atoms with Crippen LogP contribution in [0.2, 0.25) is 0 Å². The summed E-state index contributed by atoms with van der Waals surface area (Å²) in [6.45, 7) is 11.1. The van der Waals surface area contributed by atoms with Crippen molar-refractivity contribution >= 4 is 16.5 Å². The van der Waals surface area contributed by atoms with Crippen LogP contribution < -0.4 is 10.2 Å². The van der Waals surface area contributed by atoms with Gasteiger partial charge in [0.2, 0.25) is 0 Å². The van der Waals surface area contributed by atoms with Crippen LogP contribution in [0.4, 0.5) is 5.69 Å². The molecule has 0 spiro atoms.